The highest BCUT2D eigenvalue weighted by Crippen LogP contribution is 2.70. The Hall–Kier alpha value is -2.78. The molecule has 2 aromatic rings. The van der Waals surface area contributed by atoms with Crippen molar-refractivity contribution in [1.29, 1.82) is 0 Å². The minimum Gasteiger partial charge on any atom is -0.487 e. The molecule has 6 fully saturated rings. The van der Waals surface area contributed by atoms with E-state index in [4.69, 9.17) is 40.3 Å². The van der Waals surface area contributed by atoms with Crippen LogP contribution < -0.4 is 9.47 Å². The van der Waals surface area contributed by atoms with Gasteiger partial charge in [0.05, 0.1) is 11.6 Å². The van der Waals surface area contributed by atoms with E-state index in [0.717, 1.165) is 31.8 Å². The second-order valence-electron chi connectivity index (χ2n) is 13.3. The number of hydrogen-bond donors (Lipinski definition) is 5. The van der Waals surface area contributed by atoms with Gasteiger partial charge in [0.25, 0.3) is 5.79 Å². The number of carboxylic acids is 1. The van der Waals surface area contributed by atoms with E-state index in [-0.39, 0.29) is 29.2 Å². The molecule has 2 aliphatic heterocycles. The molecule has 47 heavy (non-hydrogen) atoms. The molecule has 13 heteroatoms. The van der Waals surface area contributed by atoms with Gasteiger partial charge in [-0.2, -0.15) is 4.89 Å². The molecule has 12 nitrogen and oxygen atoms in total. The SMILES string of the molecule is COC1(c2ccc(/C=C/C(=O)O)c(OCc3ccc(O[C@H]4O[C@H](CO)[C@H](O)[C@H](O)[C@H]4O)cc3)c2Cl)OOC12C1CC3CC(C1)CC2C3. The zero-order valence-corrected chi connectivity index (χ0v) is 26.5. The molecule has 1 spiro atoms. The lowest BCUT2D eigenvalue weighted by atomic mass is 9.47. The normalized spacial score (nSPS) is 38.9. The number of ether oxygens (including phenoxy) is 4. The predicted octanol–water partition coefficient (Wildman–Crippen LogP) is 3.15. The number of aliphatic hydroxyl groups excluding tert-OH is 4. The Morgan fingerprint density at radius 2 is 1.64 bits per heavy atom. The summed E-state index contributed by atoms with van der Waals surface area (Å²) in [5, 5.41) is 49.3. The summed E-state index contributed by atoms with van der Waals surface area (Å²) in [6.45, 7) is -0.517. The summed E-state index contributed by atoms with van der Waals surface area (Å²) in [6.07, 6.45) is 0.913. The van der Waals surface area contributed by atoms with Crippen LogP contribution in [0.3, 0.4) is 0 Å². The van der Waals surface area contributed by atoms with Crippen LogP contribution in [0.15, 0.2) is 42.5 Å². The first kappa shape index (κ1) is 32.8. The van der Waals surface area contributed by atoms with Crippen LogP contribution in [0.1, 0.15) is 48.8 Å². The number of carbonyl (C=O) groups is 1. The second-order valence-corrected chi connectivity index (χ2v) is 13.7. The molecule has 4 bridgehead atoms. The number of hydrogen-bond acceptors (Lipinski definition) is 11. The molecule has 2 aromatic carbocycles. The first-order valence-corrected chi connectivity index (χ1v) is 16.3. The fourth-order valence-electron chi connectivity index (χ4n) is 8.71. The fourth-order valence-corrected chi connectivity index (χ4v) is 9.06. The van der Waals surface area contributed by atoms with Crippen molar-refractivity contribution in [1.82, 2.24) is 0 Å². The summed E-state index contributed by atoms with van der Waals surface area (Å²) in [5.74, 6) is 0.0997. The van der Waals surface area contributed by atoms with Gasteiger partial charge in [-0.25, -0.2) is 9.68 Å². The molecule has 1 unspecified atom stereocenters. The maximum Gasteiger partial charge on any atom is 0.328 e. The first-order valence-electron chi connectivity index (χ1n) is 15.9. The van der Waals surface area contributed by atoms with Crippen molar-refractivity contribution in [2.45, 2.75) is 80.8 Å². The van der Waals surface area contributed by atoms with Crippen LogP contribution in [0.25, 0.3) is 6.08 Å². The Morgan fingerprint density at radius 3 is 2.21 bits per heavy atom. The van der Waals surface area contributed by atoms with Crippen LogP contribution >= 0.6 is 11.6 Å². The van der Waals surface area contributed by atoms with Crippen LogP contribution in [0.2, 0.25) is 5.02 Å². The average molecular weight is 675 g/mol. The topological polar surface area (TPSA) is 174 Å². The molecule has 4 saturated carbocycles. The number of rotatable bonds is 10. The van der Waals surface area contributed by atoms with Crippen LogP contribution in [0.4, 0.5) is 0 Å². The highest BCUT2D eigenvalue weighted by molar-refractivity contribution is 6.33. The first-order chi connectivity index (χ1) is 22.6. The fraction of sp³-hybridized carbons (Fsp3) is 0.559. The standard InChI is InChI=1S/C34H39ClO12/c1-42-34(33(46-47-34)21-11-18-10-19(13-21)14-22(33)12-18)24-8-4-20(5-9-26(37)38)31(27(24)35)43-16-17-2-6-23(7-3-17)44-32-30(41)29(40)28(39)25(15-36)45-32/h2-9,18-19,21-22,25,28-30,32,36,39-41H,10-16H2,1H3,(H,37,38)/b9-5+/t18?,19?,21?,22?,25-,28+,29+,30-,32+,33?,34?/m1/s1. The molecule has 0 aromatic heterocycles. The molecule has 4 aliphatic carbocycles. The number of carboxylic acid groups (broad SMARTS) is 1. The van der Waals surface area contributed by atoms with E-state index in [2.05, 4.69) is 0 Å². The van der Waals surface area contributed by atoms with Crippen LogP contribution in [-0.4, -0.2) is 81.5 Å². The zero-order valence-electron chi connectivity index (χ0n) is 25.7. The van der Waals surface area contributed by atoms with E-state index in [1.54, 1.807) is 43.5 Å². The van der Waals surface area contributed by atoms with E-state index < -0.39 is 54.7 Å². The lowest BCUT2D eigenvalue weighted by molar-refractivity contribution is -0.645. The van der Waals surface area contributed by atoms with Crippen molar-refractivity contribution in [2.24, 2.45) is 23.7 Å². The largest absolute Gasteiger partial charge is 0.487 e. The second kappa shape index (κ2) is 12.6. The Labute approximate surface area is 276 Å². The molecule has 254 valence electrons. The Balaban J connectivity index is 1.13. The molecule has 6 atom stereocenters. The zero-order chi connectivity index (χ0) is 33.1. The molecule has 0 amide bonds. The smallest absolute Gasteiger partial charge is 0.328 e. The highest BCUT2D eigenvalue weighted by atomic mass is 35.5. The maximum atomic E-state index is 11.4. The van der Waals surface area contributed by atoms with E-state index in [1.165, 1.54) is 12.5 Å². The quantitative estimate of drug-likeness (QED) is 0.184. The highest BCUT2D eigenvalue weighted by Gasteiger charge is 2.77. The van der Waals surface area contributed by atoms with Gasteiger partial charge in [-0.1, -0.05) is 35.9 Å². The van der Waals surface area contributed by atoms with Gasteiger partial charge in [0.2, 0.25) is 6.29 Å². The van der Waals surface area contributed by atoms with Crippen molar-refractivity contribution in [2.75, 3.05) is 13.7 Å². The van der Waals surface area contributed by atoms with Gasteiger partial charge < -0.3 is 44.5 Å². The van der Waals surface area contributed by atoms with E-state index >= 15 is 0 Å². The maximum absolute atomic E-state index is 11.4. The van der Waals surface area contributed by atoms with Crippen molar-refractivity contribution < 1.29 is 59.0 Å². The summed E-state index contributed by atoms with van der Waals surface area (Å²) in [5.41, 5.74) is 1.05. The van der Waals surface area contributed by atoms with Gasteiger partial charge in [0.1, 0.15) is 42.5 Å². The number of methoxy groups -OCH3 is 1. The van der Waals surface area contributed by atoms with E-state index in [1.807, 2.05) is 0 Å². The molecule has 6 aliphatic rings. The van der Waals surface area contributed by atoms with Crippen molar-refractivity contribution >= 4 is 23.6 Å². The summed E-state index contributed by atoms with van der Waals surface area (Å²) in [4.78, 5) is 23.4. The summed E-state index contributed by atoms with van der Waals surface area (Å²) in [7, 11) is 1.60. The Kier molecular flexibility index (Phi) is 8.77. The number of aliphatic carboxylic acids is 1. The van der Waals surface area contributed by atoms with Crippen LogP contribution in [0.5, 0.6) is 11.5 Å². The van der Waals surface area contributed by atoms with Crippen molar-refractivity contribution in [3.05, 3.63) is 64.2 Å². The van der Waals surface area contributed by atoms with Crippen LogP contribution in [-0.2, 0) is 36.4 Å². The van der Waals surface area contributed by atoms with Crippen molar-refractivity contribution in [3.8, 4) is 11.5 Å². The number of halogens is 1. The van der Waals surface area contributed by atoms with E-state index in [9.17, 15) is 30.3 Å². The molecular formula is C34H39ClO12. The van der Waals surface area contributed by atoms with Gasteiger partial charge in [-0.15, -0.1) is 0 Å². The molecule has 5 N–H and O–H groups in total. The third-order valence-electron chi connectivity index (χ3n) is 10.7. The summed E-state index contributed by atoms with van der Waals surface area (Å²) in [6, 6.07) is 10.2. The summed E-state index contributed by atoms with van der Waals surface area (Å²) >= 11 is 7.13. The van der Waals surface area contributed by atoms with Crippen LogP contribution in [0, 0.1) is 23.7 Å². The third kappa shape index (κ3) is 5.34. The number of aliphatic hydroxyl groups is 4. The molecule has 0 radical (unpaired) electrons. The molecular weight excluding hydrogens is 636 g/mol. The van der Waals surface area contributed by atoms with Gasteiger partial charge in [-0.3, -0.25) is 0 Å². The van der Waals surface area contributed by atoms with Gasteiger partial charge in [0.15, 0.2) is 5.60 Å². The monoisotopic (exact) mass is 674 g/mol. The predicted molar refractivity (Wildman–Crippen MR) is 164 cm³/mol. The summed E-state index contributed by atoms with van der Waals surface area (Å²) < 4.78 is 23.6. The number of benzene rings is 2. The molecule has 8 rings (SSSR count). The van der Waals surface area contributed by atoms with E-state index in [0.29, 0.717) is 34.3 Å². The van der Waals surface area contributed by atoms with Gasteiger partial charge in [-0.05, 0) is 79.5 Å². The Bertz CT molecular complexity index is 1480. The molecule has 2 heterocycles. The Morgan fingerprint density at radius 1 is 0.957 bits per heavy atom. The van der Waals surface area contributed by atoms with Gasteiger partial charge >= 0.3 is 5.97 Å². The third-order valence-corrected chi connectivity index (χ3v) is 11.1. The average Bonchev–Trinajstić information content (AvgIpc) is 3.04. The van der Waals surface area contributed by atoms with Gasteiger partial charge in [0, 0.05) is 24.3 Å². The molecule has 2 saturated heterocycles. The lowest BCUT2D eigenvalue weighted by Gasteiger charge is -2.68. The lowest BCUT2D eigenvalue weighted by Crippen LogP contribution is -2.76. The van der Waals surface area contributed by atoms with Crippen molar-refractivity contribution in [3.63, 3.8) is 0 Å². The minimum absolute atomic E-state index is 0.0501. The minimum atomic E-state index is -1.56.